The molecule has 0 aromatic rings. The Hall–Kier alpha value is -1.24. The zero-order valence-electron chi connectivity index (χ0n) is 9.41. The number of aliphatic imine (C=N–C) groups is 2. The standard InChI is InChI=1S/C11H16N2O2/c1-10(2)6-4-5-9(12-7-14)11(10,3)13-8-15/h9H,4-6H2,1-3H3. The molecule has 1 saturated carbocycles. The van der Waals surface area contributed by atoms with Gasteiger partial charge in [0, 0.05) is 0 Å². The molecule has 2 atom stereocenters. The summed E-state index contributed by atoms with van der Waals surface area (Å²) in [6.45, 7) is 5.95. The van der Waals surface area contributed by atoms with E-state index >= 15 is 0 Å². The van der Waals surface area contributed by atoms with E-state index in [0.717, 1.165) is 19.3 Å². The van der Waals surface area contributed by atoms with Crippen molar-refractivity contribution in [2.45, 2.75) is 51.6 Å². The Kier molecular flexibility index (Phi) is 3.23. The fourth-order valence-electron chi connectivity index (χ4n) is 2.30. The molecule has 1 fully saturated rings. The predicted molar refractivity (Wildman–Crippen MR) is 56.1 cm³/mol. The van der Waals surface area contributed by atoms with Gasteiger partial charge < -0.3 is 0 Å². The van der Waals surface area contributed by atoms with Crippen molar-refractivity contribution < 1.29 is 9.59 Å². The SMILES string of the molecule is CC1(C)CCCC(N=C=O)C1(C)N=C=O. The molecule has 0 aromatic carbocycles. The topological polar surface area (TPSA) is 58.9 Å². The molecule has 0 N–H and O–H groups in total. The monoisotopic (exact) mass is 208 g/mol. The highest BCUT2D eigenvalue weighted by molar-refractivity contribution is 5.38. The second-order valence-electron chi connectivity index (χ2n) is 4.86. The van der Waals surface area contributed by atoms with Crippen molar-refractivity contribution in [1.82, 2.24) is 0 Å². The minimum absolute atomic E-state index is 0.145. The van der Waals surface area contributed by atoms with Crippen molar-refractivity contribution in [3.05, 3.63) is 0 Å². The molecular formula is C11H16N2O2. The van der Waals surface area contributed by atoms with Crippen molar-refractivity contribution in [2.24, 2.45) is 15.4 Å². The van der Waals surface area contributed by atoms with E-state index in [4.69, 9.17) is 0 Å². The molecule has 0 saturated heterocycles. The first kappa shape index (κ1) is 11.8. The Morgan fingerprint density at radius 2 is 1.87 bits per heavy atom. The van der Waals surface area contributed by atoms with Crippen molar-refractivity contribution in [1.29, 1.82) is 0 Å². The normalized spacial score (nSPS) is 33.7. The van der Waals surface area contributed by atoms with Crippen LogP contribution in [0.4, 0.5) is 0 Å². The lowest BCUT2D eigenvalue weighted by atomic mass is 9.62. The van der Waals surface area contributed by atoms with Crippen LogP contribution in [0.15, 0.2) is 9.98 Å². The van der Waals surface area contributed by atoms with Gasteiger partial charge >= 0.3 is 0 Å². The fourth-order valence-corrected chi connectivity index (χ4v) is 2.30. The van der Waals surface area contributed by atoms with E-state index in [1.807, 2.05) is 20.8 Å². The molecule has 0 aliphatic heterocycles. The van der Waals surface area contributed by atoms with Gasteiger partial charge in [-0.2, -0.15) is 9.98 Å². The van der Waals surface area contributed by atoms with Crippen molar-refractivity contribution in [3.8, 4) is 0 Å². The summed E-state index contributed by atoms with van der Waals surface area (Å²) in [5, 5.41) is 0. The Bertz CT molecular complexity index is 338. The van der Waals surface area contributed by atoms with Gasteiger partial charge in [0.2, 0.25) is 12.2 Å². The quantitative estimate of drug-likeness (QED) is 0.514. The summed E-state index contributed by atoms with van der Waals surface area (Å²) in [6, 6.07) is -0.250. The molecule has 0 spiro atoms. The maximum atomic E-state index is 10.5. The number of hydrogen-bond acceptors (Lipinski definition) is 4. The maximum Gasteiger partial charge on any atom is 0.235 e. The highest BCUT2D eigenvalue weighted by Gasteiger charge is 2.50. The first-order valence-corrected chi connectivity index (χ1v) is 5.14. The van der Waals surface area contributed by atoms with Gasteiger partial charge in [0.1, 0.15) is 0 Å². The van der Waals surface area contributed by atoms with E-state index in [1.54, 1.807) is 12.2 Å². The van der Waals surface area contributed by atoms with Gasteiger partial charge in [0.05, 0.1) is 11.6 Å². The van der Waals surface area contributed by atoms with Gasteiger partial charge in [-0.25, -0.2) is 9.59 Å². The third-order valence-electron chi connectivity index (χ3n) is 3.78. The van der Waals surface area contributed by atoms with Crippen molar-refractivity contribution >= 4 is 12.2 Å². The number of rotatable bonds is 2. The fraction of sp³-hybridized carbons (Fsp3) is 0.818. The third-order valence-corrected chi connectivity index (χ3v) is 3.78. The molecule has 1 rings (SSSR count). The van der Waals surface area contributed by atoms with Gasteiger partial charge in [-0.1, -0.05) is 20.3 Å². The van der Waals surface area contributed by atoms with Gasteiger partial charge in [0.25, 0.3) is 0 Å². The Labute approximate surface area is 89.5 Å². The van der Waals surface area contributed by atoms with Crippen LogP contribution in [0.1, 0.15) is 40.0 Å². The lowest BCUT2D eigenvalue weighted by Crippen LogP contribution is -2.52. The smallest absolute Gasteiger partial charge is 0.211 e. The van der Waals surface area contributed by atoms with Crippen LogP contribution >= 0.6 is 0 Å². The first-order chi connectivity index (χ1) is 6.98. The number of hydrogen-bond donors (Lipinski definition) is 0. The molecule has 0 radical (unpaired) electrons. The molecule has 4 heteroatoms. The molecule has 4 nitrogen and oxygen atoms in total. The summed E-state index contributed by atoms with van der Waals surface area (Å²) < 4.78 is 0. The summed E-state index contributed by atoms with van der Waals surface area (Å²) in [7, 11) is 0. The molecule has 1 aliphatic carbocycles. The van der Waals surface area contributed by atoms with E-state index in [0.29, 0.717) is 0 Å². The van der Waals surface area contributed by atoms with Gasteiger partial charge in [-0.15, -0.1) is 0 Å². The molecule has 15 heavy (non-hydrogen) atoms. The minimum Gasteiger partial charge on any atom is -0.211 e. The average Bonchev–Trinajstić information content (AvgIpc) is 2.14. The molecule has 2 unspecified atom stereocenters. The van der Waals surface area contributed by atoms with Crippen LogP contribution in [0.25, 0.3) is 0 Å². The zero-order chi connectivity index (χ0) is 11.5. The van der Waals surface area contributed by atoms with Crippen molar-refractivity contribution in [2.75, 3.05) is 0 Å². The van der Waals surface area contributed by atoms with Gasteiger partial charge in [-0.3, -0.25) is 0 Å². The lowest BCUT2D eigenvalue weighted by molar-refractivity contribution is 0.0967. The average molecular weight is 208 g/mol. The molecule has 82 valence electrons. The first-order valence-electron chi connectivity index (χ1n) is 5.14. The van der Waals surface area contributed by atoms with E-state index < -0.39 is 5.54 Å². The van der Waals surface area contributed by atoms with Crippen LogP contribution < -0.4 is 0 Å². The highest BCUT2D eigenvalue weighted by Crippen LogP contribution is 2.47. The summed E-state index contributed by atoms with van der Waals surface area (Å²) in [5.41, 5.74) is -0.780. The molecule has 0 heterocycles. The molecule has 1 aliphatic rings. The van der Waals surface area contributed by atoms with Crippen LogP contribution in [0.5, 0.6) is 0 Å². The minimum atomic E-state index is -0.635. The van der Waals surface area contributed by atoms with E-state index in [2.05, 4.69) is 9.98 Å². The summed E-state index contributed by atoms with van der Waals surface area (Å²) in [6.07, 6.45) is 5.92. The second kappa shape index (κ2) is 4.09. The van der Waals surface area contributed by atoms with E-state index in [1.165, 1.54) is 0 Å². The summed E-state index contributed by atoms with van der Waals surface area (Å²) in [4.78, 5) is 28.5. The molecular weight excluding hydrogens is 192 g/mol. The Balaban J connectivity index is 3.18. The summed E-state index contributed by atoms with van der Waals surface area (Å²) >= 11 is 0. The van der Waals surface area contributed by atoms with Crippen LogP contribution in [0.2, 0.25) is 0 Å². The Morgan fingerprint density at radius 1 is 1.20 bits per heavy atom. The van der Waals surface area contributed by atoms with Crippen LogP contribution in [-0.4, -0.2) is 23.7 Å². The van der Waals surface area contributed by atoms with Crippen molar-refractivity contribution in [3.63, 3.8) is 0 Å². The number of isocyanates is 2. The summed E-state index contributed by atoms with van der Waals surface area (Å²) in [5.74, 6) is 0. The largest absolute Gasteiger partial charge is 0.235 e. The maximum absolute atomic E-state index is 10.5. The van der Waals surface area contributed by atoms with Crippen LogP contribution in [-0.2, 0) is 9.59 Å². The molecule has 0 bridgehead atoms. The zero-order valence-corrected chi connectivity index (χ0v) is 9.41. The third kappa shape index (κ3) is 1.92. The molecule has 0 amide bonds. The predicted octanol–water partition coefficient (Wildman–Crippen LogP) is 2.00. The number of nitrogens with zero attached hydrogens (tertiary/aromatic N) is 2. The number of carbonyl (C=O) groups excluding carboxylic acids is 2. The molecule has 0 aromatic heterocycles. The van der Waals surface area contributed by atoms with Crippen LogP contribution in [0.3, 0.4) is 0 Å². The van der Waals surface area contributed by atoms with E-state index in [9.17, 15) is 9.59 Å². The van der Waals surface area contributed by atoms with E-state index in [-0.39, 0.29) is 11.5 Å². The Morgan fingerprint density at radius 3 is 2.40 bits per heavy atom. The van der Waals surface area contributed by atoms with Gasteiger partial charge in [-0.05, 0) is 25.2 Å². The highest BCUT2D eigenvalue weighted by atomic mass is 16.1. The lowest BCUT2D eigenvalue weighted by Gasteiger charge is -2.47. The second-order valence-corrected chi connectivity index (χ2v) is 4.86. The van der Waals surface area contributed by atoms with Gasteiger partial charge in [0.15, 0.2) is 0 Å². The van der Waals surface area contributed by atoms with Crippen LogP contribution in [0, 0.1) is 5.41 Å².